The average molecular weight is 598 g/mol. The number of halogens is 1. The van der Waals surface area contributed by atoms with E-state index in [0.29, 0.717) is 34.8 Å². The Kier molecular flexibility index (Phi) is 11.0. The maximum Gasteiger partial charge on any atom is 0.264 e. The lowest BCUT2D eigenvalue weighted by atomic mass is 10.1. The van der Waals surface area contributed by atoms with Crippen molar-refractivity contribution in [1.29, 1.82) is 0 Å². The first-order chi connectivity index (χ1) is 19.3. The molecule has 0 bridgehead atoms. The number of hydrogen-bond acceptors (Lipinski definition) is 4. The molecule has 0 fully saturated rings. The Hall–Kier alpha value is -3.36. The molecule has 9 heteroatoms. The summed E-state index contributed by atoms with van der Waals surface area (Å²) >= 11 is 6.46. The van der Waals surface area contributed by atoms with Crippen LogP contribution in [0.5, 0.6) is 0 Å². The van der Waals surface area contributed by atoms with Gasteiger partial charge in [0.25, 0.3) is 10.0 Å². The van der Waals surface area contributed by atoms with Crippen LogP contribution in [-0.2, 0) is 26.2 Å². The molecular weight excluding hydrogens is 558 g/mol. The van der Waals surface area contributed by atoms with Crippen LogP contribution in [0.1, 0.15) is 49.4 Å². The molecule has 41 heavy (non-hydrogen) atoms. The Morgan fingerprint density at radius 2 is 1.56 bits per heavy atom. The largest absolute Gasteiger partial charge is 0.354 e. The fourth-order valence-corrected chi connectivity index (χ4v) is 6.26. The van der Waals surface area contributed by atoms with Gasteiger partial charge in [-0.3, -0.25) is 13.9 Å². The molecule has 0 aliphatic heterocycles. The monoisotopic (exact) mass is 597 g/mol. The molecule has 1 unspecified atom stereocenters. The number of carbonyl (C=O) groups excluding carboxylic acids is 2. The van der Waals surface area contributed by atoms with Gasteiger partial charge >= 0.3 is 0 Å². The second kappa shape index (κ2) is 14.0. The summed E-state index contributed by atoms with van der Waals surface area (Å²) < 4.78 is 29.3. The minimum atomic E-state index is -4.13. The first-order valence-corrected chi connectivity index (χ1v) is 15.6. The molecule has 7 nitrogen and oxygen atoms in total. The van der Waals surface area contributed by atoms with Crippen LogP contribution in [0.2, 0.25) is 5.02 Å². The van der Waals surface area contributed by atoms with E-state index in [-0.39, 0.29) is 23.3 Å². The number of amides is 2. The number of carbonyl (C=O) groups is 2. The smallest absolute Gasteiger partial charge is 0.264 e. The Bertz CT molecular complexity index is 1470. The minimum absolute atomic E-state index is 0.0530. The molecule has 0 spiro atoms. The van der Waals surface area contributed by atoms with Gasteiger partial charge in [0.15, 0.2) is 0 Å². The summed E-state index contributed by atoms with van der Waals surface area (Å²) in [5.74, 6) is -0.572. The standard InChI is InChI=1S/C32H40ClN3O4S/c1-7-29(32(38)34-19-22(2)3)35(20-26-10-8-9-11-28(26)33)31(37)21-36(30-17-14-24(5)18-25(30)6)41(39,40)27-15-12-23(4)13-16-27/h8-18,22,29H,7,19-21H2,1-6H3,(H,34,38). The van der Waals surface area contributed by atoms with Crippen LogP contribution in [0.3, 0.4) is 0 Å². The maximum absolute atomic E-state index is 14.2. The van der Waals surface area contributed by atoms with Crippen molar-refractivity contribution in [3.05, 3.63) is 94.0 Å². The van der Waals surface area contributed by atoms with Crippen molar-refractivity contribution in [1.82, 2.24) is 10.2 Å². The highest BCUT2D eigenvalue weighted by molar-refractivity contribution is 7.92. The number of benzene rings is 3. The van der Waals surface area contributed by atoms with Crippen LogP contribution in [0.15, 0.2) is 71.6 Å². The van der Waals surface area contributed by atoms with E-state index < -0.39 is 28.5 Å². The van der Waals surface area contributed by atoms with Crippen molar-refractivity contribution in [2.24, 2.45) is 5.92 Å². The number of aryl methyl sites for hydroxylation is 3. The zero-order chi connectivity index (χ0) is 30.3. The lowest BCUT2D eigenvalue weighted by molar-refractivity contribution is -0.140. The normalized spacial score (nSPS) is 12.2. The zero-order valence-corrected chi connectivity index (χ0v) is 26.2. The van der Waals surface area contributed by atoms with Crippen molar-refractivity contribution in [3.8, 4) is 0 Å². The van der Waals surface area contributed by atoms with Gasteiger partial charge in [-0.05, 0) is 68.5 Å². The number of rotatable bonds is 12. The van der Waals surface area contributed by atoms with Gasteiger partial charge in [-0.2, -0.15) is 0 Å². The van der Waals surface area contributed by atoms with Gasteiger partial charge < -0.3 is 10.2 Å². The number of anilines is 1. The molecule has 0 saturated carbocycles. The number of sulfonamides is 1. The Labute approximate surface area is 249 Å². The van der Waals surface area contributed by atoms with Crippen molar-refractivity contribution in [3.63, 3.8) is 0 Å². The number of hydrogen-bond donors (Lipinski definition) is 1. The average Bonchev–Trinajstić information content (AvgIpc) is 2.92. The predicted molar refractivity (Wildman–Crippen MR) is 166 cm³/mol. The van der Waals surface area contributed by atoms with E-state index >= 15 is 0 Å². The highest BCUT2D eigenvalue weighted by atomic mass is 35.5. The van der Waals surface area contributed by atoms with Crippen molar-refractivity contribution in [2.75, 3.05) is 17.4 Å². The first kappa shape index (κ1) is 32.2. The topological polar surface area (TPSA) is 86.8 Å². The highest BCUT2D eigenvalue weighted by Gasteiger charge is 2.34. The second-order valence-corrected chi connectivity index (χ2v) is 13.1. The van der Waals surface area contributed by atoms with Crippen molar-refractivity contribution < 1.29 is 18.0 Å². The quantitative estimate of drug-likeness (QED) is 0.276. The highest BCUT2D eigenvalue weighted by Crippen LogP contribution is 2.29. The lowest BCUT2D eigenvalue weighted by Crippen LogP contribution is -2.52. The molecule has 3 rings (SSSR count). The minimum Gasteiger partial charge on any atom is -0.354 e. The molecule has 0 heterocycles. The van der Waals surface area contributed by atoms with Crippen LogP contribution in [0, 0.1) is 26.7 Å². The van der Waals surface area contributed by atoms with Gasteiger partial charge in [0.2, 0.25) is 11.8 Å². The van der Waals surface area contributed by atoms with Crippen molar-refractivity contribution >= 4 is 39.1 Å². The van der Waals surface area contributed by atoms with Gasteiger partial charge in [-0.1, -0.05) is 86.0 Å². The molecule has 3 aromatic carbocycles. The molecule has 3 aromatic rings. The van der Waals surface area contributed by atoms with E-state index in [9.17, 15) is 18.0 Å². The summed E-state index contributed by atoms with van der Waals surface area (Å²) in [4.78, 5) is 29.0. The van der Waals surface area contributed by atoms with Gasteiger partial charge in [0.05, 0.1) is 10.6 Å². The molecule has 2 amide bonds. The van der Waals surface area contributed by atoms with E-state index in [1.54, 1.807) is 48.5 Å². The van der Waals surface area contributed by atoms with Gasteiger partial charge in [-0.15, -0.1) is 0 Å². The third-order valence-corrected chi connectivity index (χ3v) is 9.02. The Morgan fingerprint density at radius 1 is 0.927 bits per heavy atom. The van der Waals surface area contributed by atoms with Crippen LogP contribution in [0.4, 0.5) is 5.69 Å². The molecule has 1 N–H and O–H groups in total. The van der Waals surface area contributed by atoms with Crippen molar-refractivity contribution in [2.45, 2.75) is 65.4 Å². The summed E-state index contributed by atoms with van der Waals surface area (Å²) in [5.41, 5.74) is 3.67. The molecule has 0 saturated heterocycles. The Balaban J connectivity index is 2.09. The molecule has 0 aliphatic carbocycles. The molecule has 0 aromatic heterocycles. The number of nitrogens with zero attached hydrogens (tertiary/aromatic N) is 2. The van der Waals surface area contributed by atoms with E-state index in [0.717, 1.165) is 15.4 Å². The summed E-state index contributed by atoms with van der Waals surface area (Å²) in [6.07, 6.45) is 0.342. The fourth-order valence-electron chi connectivity index (χ4n) is 4.59. The van der Waals surface area contributed by atoms with Crippen LogP contribution < -0.4 is 9.62 Å². The van der Waals surface area contributed by atoms with E-state index in [4.69, 9.17) is 11.6 Å². The van der Waals surface area contributed by atoms with Gasteiger partial charge in [0.1, 0.15) is 12.6 Å². The van der Waals surface area contributed by atoms with E-state index in [1.165, 1.54) is 4.90 Å². The SMILES string of the molecule is CCC(C(=O)NCC(C)C)N(Cc1ccccc1Cl)C(=O)CN(c1ccc(C)cc1C)S(=O)(=O)c1ccc(C)cc1. The van der Waals surface area contributed by atoms with Crippen LogP contribution >= 0.6 is 11.6 Å². The van der Waals surface area contributed by atoms with Gasteiger partial charge in [-0.25, -0.2) is 8.42 Å². The molecule has 220 valence electrons. The first-order valence-electron chi connectivity index (χ1n) is 13.8. The fraction of sp³-hybridized carbons (Fsp3) is 0.375. The summed E-state index contributed by atoms with van der Waals surface area (Å²) in [5, 5.41) is 3.39. The summed E-state index contributed by atoms with van der Waals surface area (Å²) in [7, 11) is -4.13. The molecule has 0 aliphatic rings. The lowest BCUT2D eigenvalue weighted by Gasteiger charge is -2.34. The second-order valence-electron chi connectivity index (χ2n) is 10.8. The molecular formula is C32H40ClN3O4S. The molecule has 0 radical (unpaired) electrons. The maximum atomic E-state index is 14.2. The van der Waals surface area contributed by atoms with Crippen LogP contribution in [-0.4, -0.2) is 44.3 Å². The third-order valence-electron chi connectivity index (χ3n) is 6.88. The predicted octanol–water partition coefficient (Wildman–Crippen LogP) is 6.04. The zero-order valence-electron chi connectivity index (χ0n) is 24.6. The molecule has 1 atom stereocenters. The third kappa shape index (κ3) is 8.11. The summed E-state index contributed by atoms with van der Waals surface area (Å²) in [6.45, 7) is 11.5. The Morgan fingerprint density at radius 3 is 2.15 bits per heavy atom. The van der Waals surface area contributed by atoms with E-state index in [1.807, 2.05) is 59.7 Å². The number of nitrogens with one attached hydrogen (secondary N) is 1. The van der Waals surface area contributed by atoms with Gasteiger partial charge in [0, 0.05) is 18.1 Å². The summed E-state index contributed by atoms with van der Waals surface area (Å²) in [6, 6.07) is 18.3. The van der Waals surface area contributed by atoms with E-state index in [2.05, 4.69) is 5.32 Å². The van der Waals surface area contributed by atoms with Crippen LogP contribution in [0.25, 0.3) is 0 Å².